The van der Waals surface area contributed by atoms with E-state index in [1.807, 2.05) is 12.1 Å². The van der Waals surface area contributed by atoms with Crippen molar-refractivity contribution in [3.63, 3.8) is 0 Å². The van der Waals surface area contributed by atoms with Crippen molar-refractivity contribution in [2.24, 2.45) is 4.99 Å². The Morgan fingerprint density at radius 2 is 2.14 bits per heavy atom. The molecule has 9 heteroatoms. The smallest absolute Gasteiger partial charge is 0.216 e. The Balaban J connectivity index is 0.00000240. The maximum absolute atomic E-state index is 5.31. The molecule has 154 valence electrons. The number of H-pyrrole nitrogens is 1. The molecule has 1 aliphatic rings. The van der Waals surface area contributed by atoms with Crippen LogP contribution in [0, 0.1) is 0 Å². The molecular formula is C20H24BrIN6O. The van der Waals surface area contributed by atoms with Crippen LogP contribution in [-0.2, 0) is 11.8 Å². The van der Waals surface area contributed by atoms with Crippen molar-refractivity contribution in [3.8, 4) is 11.6 Å². The second-order valence-electron chi connectivity index (χ2n) is 6.98. The Morgan fingerprint density at radius 3 is 2.83 bits per heavy atom. The van der Waals surface area contributed by atoms with Crippen LogP contribution in [0.3, 0.4) is 0 Å². The summed E-state index contributed by atoms with van der Waals surface area (Å²) in [5.74, 6) is 2.84. The topological polar surface area (TPSA) is 91.1 Å². The van der Waals surface area contributed by atoms with Crippen LogP contribution in [0.2, 0.25) is 0 Å². The highest BCUT2D eigenvalue weighted by Crippen LogP contribution is 2.48. The predicted octanol–water partition coefficient (Wildman–Crippen LogP) is 3.88. The van der Waals surface area contributed by atoms with Crippen molar-refractivity contribution < 1.29 is 4.42 Å². The molecule has 2 aromatic heterocycles. The Hall–Kier alpha value is -1.88. The predicted molar refractivity (Wildman–Crippen MR) is 128 cm³/mol. The molecule has 0 atom stereocenters. The van der Waals surface area contributed by atoms with Crippen molar-refractivity contribution in [1.82, 2.24) is 25.8 Å². The minimum Gasteiger partial charge on any atom is -0.461 e. The summed E-state index contributed by atoms with van der Waals surface area (Å²) >= 11 is 3.57. The third-order valence-corrected chi connectivity index (χ3v) is 5.53. The van der Waals surface area contributed by atoms with E-state index in [2.05, 4.69) is 71.0 Å². The van der Waals surface area contributed by atoms with Crippen molar-refractivity contribution in [3.05, 3.63) is 58.5 Å². The van der Waals surface area contributed by atoms with Crippen LogP contribution in [0.25, 0.3) is 11.6 Å². The number of halogens is 2. The Labute approximate surface area is 195 Å². The average molecular weight is 571 g/mol. The average Bonchev–Trinajstić information content (AvgIpc) is 3.08. The van der Waals surface area contributed by atoms with E-state index in [0.29, 0.717) is 24.6 Å². The summed E-state index contributed by atoms with van der Waals surface area (Å²) in [5.41, 5.74) is 1.58. The van der Waals surface area contributed by atoms with Gasteiger partial charge in [0.2, 0.25) is 5.82 Å². The maximum atomic E-state index is 5.31. The Bertz CT molecular complexity index is 952. The van der Waals surface area contributed by atoms with Gasteiger partial charge in [0.1, 0.15) is 5.82 Å². The molecule has 0 amide bonds. The number of aromatic nitrogens is 3. The minimum atomic E-state index is 0. The van der Waals surface area contributed by atoms with Crippen molar-refractivity contribution in [2.75, 3.05) is 20.1 Å². The lowest BCUT2D eigenvalue weighted by Gasteiger charge is -2.19. The lowest BCUT2D eigenvalue weighted by Crippen LogP contribution is -2.42. The SMILES string of the molecule is CN=C(NCCc1nc(-c2ccco2)n[nH]1)NCC1(c2cccc(Br)c2)CC1.I. The van der Waals surface area contributed by atoms with Gasteiger partial charge < -0.3 is 15.1 Å². The first-order chi connectivity index (χ1) is 13.7. The number of hydrogen-bond acceptors (Lipinski definition) is 4. The summed E-state index contributed by atoms with van der Waals surface area (Å²) < 4.78 is 6.44. The van der Waals surface area contributed by atoms with Crippen LogP contribution in [0.1, 0.15) is 24.2 Å². The fourth-order valence-electron chi connectivity index (χ4n) is 3.23. The zero-order valence-electron chi connectivity index (χ0n) is 16.1. The molecule has 0 unspecified atom stereocenters. The van der Waals surface area contributed by atoms with Gasteiger partial charge >= 0.3 is 0 Å². The molecule has 3 aromatic rings. The number of nitrogens with zero attached hydrogens (tertiary/aromatic N) is 3. The van der Waals surface area contributed by atoms with Gasteiger partial charge in [0, 0.05) is 36.4 Å². The highest BCUT2D eigenvalue weighted by molar-refractivity contribution is 14.0. The molecule has 7 nitrogen and oxygen atoms in total. The third kappa shape index (κ3) is 5.39. The fourth-order valence-corrected chi connectivity index (χ4v) is 3.63. The molecule has 0 aliphatic heterocycles. The van der Waals surface area contributed by atoms with Crippen LogP contribution in [0.15, 0.2) is 56.5 Å². The second kappa shape index (κ2) is 9.75. The summed E-state index contributed by atoms with van der Waals surface area (Å²) in [6.07, 6.45) is 4.72. The summed E-state index contributed by atoms with van der Waals surface area (Å²) in [4.78, 5) is 8.78. The van der Waals surface area contributed by atoms with Crippen molar-refractivity contribution in [2.45, 2.75) is 24.7 Å². The van der Waals surface area contributed by atoms with Crippen molar-refractivity contribution >= 4 is 45.9 Å². The lowest BCUT2D eigenvalue weighted by molar-refractivity contribution is 0.577. The van der Waals surface area contributed by atoms with E-state index in [1.54, 1.807) is 13.3 Å². The quantitative estimate of drug-likeness (QED) is 0.228. The van der Waals surface area contributed by atoms with Gasteiger partial charge in [-0.05, 0) is 42.7 Å². The van der Waals surface area contributed by atoms with Gasteiger partial charge in [-0.1, -0.05) is 28.1 Å². The minimum absolute atomic E-state index is 0. The Morgan fingerprint density at radius 1 is 1.28 bits per heavy atom. The van der Waals surface area contributed by atoms with E-state index in [-0.39, 0.29) is 29.4 Å². The van der Waals surface area contributed by atoms with Gasteiger partial charge in [-0.2, -0.15) is 5.10 Å². The first-order valence-corrected chi connectivity index (χ1v) is 10.1. The van der Waals surface area contributed by atoms with E-state index in [4.69, 9.17) is 4.42 Å². The summed E-state index contributed by atoms with van der Waals surface area (Å²) in [6.45, 7) is 1.57. The number of rotatable bonds is 7. The molecule has 1 aliphatic carbocycles. The van der Waals surface area contributed by atoms with Gasteiger partial charge in [-0.15, -0.1) is 24.0 Å². The zero-order valence-corrected chi connectivity index (χ0v) is 20.0. The van der Waals surface area contributed by atoms with E-state index < -0.39 is 0 Å². The number of hydrogen-bond donors (Lipinski definition) is 3. The van der Waals surface area contributed by atoms with Crippen molar-refractivity contribution in [1.29, 1.82) is 0 Å². The van der Waals surface area contributed by atoms with Gasteiger partial charge in [0.05, 0.1) is 6.26 Å². The van der Waals surface area contributed by atoms with Crippen LogP contribution < -0.4 is 10.6 Å². The van der Waals surface area contributed by atoms with E-state index in [1.165, 1.54) is 18.4 Å². The van der Waals surface area contributed by atoms with E-state index in [9.17, 15) is 0 Å². The van der Waals surface area contributed by atoms with Crippen LogP contribution in [0.5, 0.6) is 0 Å². The number of nitrogens with one attached hydrogen (secondary N) is 3. The number of benzene rings is 1. The number of guanidine groups is 1. The molecule has 29 heavy (non-hydrogen) atoms. The maximum Gasteiger partial charge on any atom is 0.216 e. The molecule has 0 radical (unpaired) electrons. The first kappa shape index (κ1) is 21.8. The zero-order chi connectivity index (χ0) is 19.4. The van der Waals surface area contributed by atoms with Crippen LogP contribution in [-0.4, -0.2) is 41.3 Å². The van der Waals surface area contributed by atoms with E-state index >= 15 is 0 Å². The molecule has 4 rings (SSSR count). The summed E-state index contributed by atoms with van der Waals surface area (Å²) in [6, 6.07) is 12.2. The highest BCUT2D eigenvalue weighted by atomic mass is 127. The largest absolute Gasteiger partial charge is 0.461 e. The van der Waals surface area contributed by atoms with E-state index in [0.717, 1.165) is 22.8 Å². The molecule has 3 N–H and O–H groups in total. The Kier molecular flexibility index (Phi) is 7.33. The van der Waals surface area contributed by atoms with Gasteiger partial charge in [0.15, 0.2) is 11.7 Å². The number of furan rings is 1. The van der Waals surface area contributed by atoms with Gasteiger partial charge in [-0.25, -0.2) is 4.98 Å². The lowest BCUT2D eigenvalue weighted by atomic mass is 9.96. The van der Waals surface area contributed by atoms with Gasteiger partial charge in [-0.3, -0.25) is 10.1 Å². The molecule has 1 saturated carbocycles. The summed E-state index contributed by atoms with van der Waals surface area (Å²) in [5, 5.41) is 13.9. The molecule has 0 bridgehead atoms. The first-order valence-electron chi connectivity index (χ1n) is 9.34. The number of aliphatic imine (C=N–C) groups is 1. The second-order valence-corrected chi connectivity index (χ2v) is 7.89. The normalized spacial score (nSPS) is 14.9. The molecule has 0 spiro atoms. The molecule has 1 fully saturated rings. The molecule has 0 saturated heterocycles. The highest BCUT2D eigenvalue weighted by Gasteiger charge is 2.44. The molecule has 1 aromatic carbocycles. The fraction of sp³-hybridized carbons (Fsp3) is 0.350. The number of aromatic amines is 1. The third-order valence-electron chi connectivity index (χ3n) is 5.04. The molecule has 2 heterocycles. The summed E-state index contributed by atoms with van der Waals surface area (Å²) in [7, 11) is 1.79. The van der Waals surface area contributed by atoms with Crippen LogP contribution in [0.4, 0.5) is 0 Å². The molecular weight excluding hydrogens is 547 g/mol. The van der Waals surface area contributed by atoms with Gasteiger partial charge in [0.25, 0.3) is 0 Å². The van der Waals surface area contributed by atoms with Crippen LogP contribution >= 0.6 is 39.9 Å². The monoisotopic (exact) mass is 570 g/mol. The standard InChI is InChI=1S/C20H23BrN6O.HI/c1-22-19(24-13-20(8-9-20)14-4-2-5-15(21)12-14)23-10-7-17-25-18(27-26-17)16-6-3-11-28-16;/h2-6,11-12H,7-10,13H2,1H3,(H2,22,23,24)(H,25,26,27);1H.